The van der Waals surface area contributed by atoms with Gasteiger partial charge in [-0.25, -0.2) is 29.5 Å². The monoisotopic (exact) mass is 936 g/mol. The van der Waals surface area contributed by atoms with Crippen molar-refractivity contribution in [3.05, 3.63) is 216 Å². The molecule has 0 aliphatic rings. The van der Waals surface area contributed by atoms with Crippen molar-refractivity contribution in [3.63, 3.8) is 0 Å². The molecule has 0 aliphatic heterocycles. The first kappa shape index (κ1) is 49.2. The van der Waals surface area contributed by atoms with Crippen molar-refractivity contribution in [1.82, 2.24) is 19.9 Å². The number of carbonyl (C=O) groups is 3. The van der Waals surface area contributed by atoms with Crippen LogP contribution < -0.4 is 20.1 Å². The lowest BCUT2D eigenvalue weighted by Crippen LogP contribution is -2.33. The minimum Gasteiger partial charge on any atom is -0.489 e. The van der Waals surface area contributed by atoms with E-state index < -0.39 is 24.0 Å². The number of nitrogens with zero attached hydrogens (tertiary/aromatic N) is 4. The normalized spacial score (nSPS) is 11.4. The molecule has 354 valence electrons. The SMILES string of the molecule is COC(=O)C(Cc1ccccc1)Nc1ncnc(-c2ccc(OCc3ccccc3)cc2)c1C=O.COC(=O)C(Cc1ccccc1)Nc1ncnc(-c2ccc(OCc3ccccc3)cc2)c1CO. The van der Waals surface area contributed by atoms with Gasteiger partial charge >= 0.3 is 11.9 Å². The number of aliphatic hydroxyl groups is 1. The molecule has 0 saturated carbocycles. The first-order valence-electron chi connectivity index (χ1n) is 22.4. The van der Waals surface area contributed by atoms with Gasteiger partial charge in [-0.15, -0.1) is 0 Å². The smallest absolute Gasteiger partial charge is 0.328 e. The second kappa shape index (κ2) is 25.4. The summed E-state index contributed by atoms with van der Waals surface area (Å²) in [5, 5.41) is 16.4. The largest absolute Gasteiger partial charge is 0.489 e. The summed E-state index contributed by atoms with van der Waals surface area (Å²) >= 11 is 0. The Balaban J connectivity index is 0.000000206. The second-order valence-electron chi connectivity index (χ2n) is 15.7. The van der Waals surface area contributed by atoms with E-state index in [1.807, 2.05) is 170 Å². The number of aliphatic hydroxyl groups excluding tert-OH is 1. The Bertz CT molecular complexity index is 2890. The van der Waals surface area contributed by atoms with Crippen LogP contribution in [0.3, 0.4) is 0 Å². The highest BCUT2D eigenvalue weighted by molar-refractivity contribution is 5.93. The molecule has 0 saturated heterocycles. The molecule has 3 N–H and O–H groups in total. The number of nitrogens with one attached hydrogen (secondary N) is 2. The molecule has 70 heavy (non-hydrogen) atoms. The maximum absolute atomic E-state index is 12.5. The van der Waals surface area contributed by atoms with E-state index in [1.54, 1.807) is 0 Å². The quantitative estimate of drug-likeness (QED) is 0.0486. The van der Waals surface area contributed by atoms with E-state index in [0.29, 0.717) is 60.9 Å². The third kappa shape index (κ3) is 13.7. The van der Waals surface area contributed by atoms with E-state index in [9.17, 15) is 19.5 Å². The Morgan fingerprint density at radius 1 is 0.514 bits per heavy atom. The van der Waals surface area contributed by atoms with E-state index in [-0.39, 0.29) is 18.0 Å². The van der Waals surface area contributed by atoms with Gasteiger partial charge in [0.25, 0.3) is 0 Å². The number of methoxy groups -OCH3 is 2. The van der Waals surface area contributed by atoms with Gasteiger partial charge in [0, 0.05) is 29.5 Å². The van der Waals surface area contributed by atoms with Crippen molar-refractivity contribution in [2.45, 2.75) is 44.7 Å². The summed E-state index contributed by atoms with van der Waals surface area (Å²) in [7, 11) is 2.68. The number of aromatic nitrogens is 4. The number of rotatable bonds is 20. The maximum atomic E-state index is 12.5. The predicted octanol–water partition coefficient (Wildman–Crippen LogP) is 9.14. The van der Waals surface area contributed by atoms with Crippen LogP contribution in [0.5, 0.6) is 11.5 Å². The highest BCUT2D eigenvalue weighted by atomic mass is 16.5. The maximum Gasteiger partial charge on any atom is 0.328 e. The molecule has 2 unspecified atom stereocenters. The van der Waals surface area contributed by atoms with E-state index in [1.165, 1.54) is 26.9 Å². The van der Waals surface area contributed by atoms with Crippen LogP contribution in [-0.2, 0) is 51.7 Å². The van der Waals surface area contributed by atoms with E-state index in [0.717, 1.165) is 39.1 Å². The van der Waals surface area contributed by atoms with Gasteiger partial charge in [0.2, 0.25) is 0 Å². The number of hydrogen-bond acceptors (Lipinski definition) is 14. The average Bonchev–Trinajstić information content (AvgIpc) is 3.42. The van der Waals surface area contributed by atoms with Crippen LogP contribution in [-0.4, -0.2) is 69.6 Å². The second-order valence-corrected chi connectivity index (χ2v) is 15.7. The summed E-state index contributed by atoms with van der Waals surface area (Å²) in [6.07, 6.45) is 4.24. The molecule has 8 rings (SSSR count). The van der Waals surface area contributed by atoms with Crippen LogP contribution in [0.25, 0.3) is 22.5 Å². The number of ether oxygens (including phenoxy) is 4. The van der Waals surface area contributed by atoms with Crippen molar-refractivity contribution in [2.24, 2.45) is 0 Å². The van der Waals surface area contributed by atoms with Crippen molar-refractivity contribution >= 4 is 29.9 Å². The fourth-order valence-electron chi connectivity index (χ4n) is 7.39. The summed E-state index contributed by atoms with van der Waals surface area (Å²) in [4.78, 5) is 54.2. The lowest BCUT2D eigenvalue weighted by molar-refractivity contribution is -0.142. The highest BCUT2D eigenvalue weighted by Gasteiger charge is 2.25. The van der Waals surface area contributed by atoms with E-state index in [2.05, 4.69) is 30.6 Å². The third-order valence-corrected chi connectivity index (χ3v) is 11.0. The van der Waals surface area contributed by atoms with Crippen molar-refractivity contribution in [2.75, 3.05) is 24.9 Å². The summed E-state index contributed by atoms with van der Waals surface area (Å²) in [5.41, 5.74) is 7.37. The average molecular weight is 937 g/mol. The molecule has 8 aromatic rings. The highest BCUT2D eigenvalue weighted by Crippen LogP contribution is 2.30. The van der Waals surface area contributed by atoms with Gasteiger partial charge in [-0.1, -0.05) is 121 Å². The number of carbonyl (C=O) groups excluding carboxylic acids is 3. The fraction of sp³-hybridized carbons (Fsp3) is 0.161. The molecule has 0 aliphatic carbocycles. The van der Waals surface area contributed by atoms with Gasteiger partial charge in [-0.3, -0.25) is 4.79 Å². The third-order valence-electron chi connectivity index (χ3n) is 11.0. The number of aldehydes is 1. The number of anilines is 2. The molecule has 14 heteroatoms. The molecule has 0 spiro atoms. The van der Waals surface area contributed by atoms with Gasteiger partial charge in [-0.2, -0.15) is 0 Å². The Morgan fingerprint density at radius 3 is 1.31 bits per heavy atom. The molecule has 0 amide bonds. The minimum absolute atomic E-state index is 0.257. The van der Waals surface area contributed by atoms with Gasteiger partial charge in [0.1, 0.15) is 61.1 Å². The molecule has 6 aromatic carbocycles. The molecule has 2 aromatic heterocycles. The van der Waals surface area contributed by atoms with Gasteiger partial charge < -0.3 is 34.7 Å². The van der Waals surface area contributed by atoms with Gasteiger partial charge in [-0.05, 0) is 70.8 Å². The van der Waals surface area contributed by atoms with E-state index in [4.69, 9.17) is 18.9 Å². The summed E-state index contributed by atoms with van der Waals surface area (Å²) < 4.78 is 21.7. The van der Waals surface area contributed by atoms with Crippen molar-refractivity contribution in [1.29, 1.82) is 0 Å². The number of esters is 2. The summed E-state index contributed by atoms with van der Waals surface area (Å²) in [5.74, 6) is 1.20. The lowest BCUT2D eigenvalue weighted by atomic mass is 10.0. The zero-order valence-corrected chi connectivity index (χ0v) is 38.7. The Labute approximate surface area is 406 Å². The Kier molecular flexibility index (Phi) is 17.8. The first-order valence-corrected chi connectivity index (χ1v) is 22.4. The summed E-state index contributed by atoms with van der Waals surface area (Å²) in [6.45, 7) is 0.627. The summed E-state index contributed by atoms with van der Waals surface area (Å²) in [6, 6.07) is 52.4. The molecule has 2 atom stereocenters. The molecular formula is C56H52N6O8. The zero-order chi connectivity index (χ0) is 48.9. The Morgan fingerprint density at radius 2 is 0.900 bits per heavy atom. The van der Waals surface area contributed by atoms with Crippen LogP contribution in [0.1, 0.15) is 38.2 Å². The van der Waals surface area contributed by atoms with Crippen molar-refractivity contribution < 1.29 is 38.4 Å². The van der Waals surface area contributed by atoms with Crippen LogP contribution >= 0.6 is 0 Å². The minimum atomic E-state index is -0.724. The lowest BCUT2D eigenvalue weighted by Gasteiger charge is -2.20. The predicted molar refractivity (Wildman–Crippen MR) is 267 cm³/mol. The Hall–Kier alpha value is -8.75. The van der Waals surface area contributed by atoms with Gasteiger partial charge in [0.15, 0.2) is 6.29 Å². The van der Waals surface area contributed by atoms with Crippen molar-refractivity contribution in [3.8, 4) is 34.0 Å². The zero-order valence-electron chi connectivity index (χ0n) is 38.7. The molecule has 14 nitrogen and oxygen atoms in total. The number of benzene rings is 6. The molecule has 0 bridgehead atoms. The standard InChI is InChI=1S/C28H27N3O4.C28H25N3O4/c2*1-34-28(33)25(16-20-8-4-2-5-9-20)31-27-24(17-32)26(29-19-30-27)22-12-14-23(15-13-22)35-18-21-10-6-3-7-11-21/h2-15,19,25,32H,16-18H2,1H3,(H,29,30,31);2-15,17,19,25H,16,18H2,1H3,(H,29,30,31). The van der Waals surface area contributed by atoms with Crippen LogP contribution in [0.2, 0.25) is 0 Å². The molecular weight excluding hydrogens is 885 g/mol. The molecule has 0 fully saturated rings. The van der Waals surface area contributed by atoms with Crippen LogP contribution in [0.15, 0.2) is 183 Å². The van der Waals surface area contributed by atoms with E-state index >= 15 is 0 Å². The fourth-order valence-corrected chi connectivity index (χ4v) is 7.39. The topological polar surface area (TPSA) is 184 Å². The van der Waals surface area contributed by atoms with Crippen LogP contribution in [0.4, 0.5) is 11.6 Å². The molecule has 2 heterocycles. The first-order chi connectivity index (χ1) is 34.3. The van der Waals surface area contributed by atoms with Gasteiger partial charge in [0.05, 0.1) is 37.8 Å². The number of hydrogen-bond donors (Lipinski definition) is 3. The van der Waals surface area contributed by atoms with Crippen LogP contribution in [0, 0.1) is 0 Å². The molecule has 0 radical (unpaired) electrons.